The molecule has 0 saturated carbocycles. The molecule has 1 aromatic heterocycles. The first kappa shape index (κ1) is 7.62. The average Bonchev–Trinajstić information content (AvgIpc) is 2.82. The lowest BCUT2D eigenvalue weighted by molar-refractivity contribution is 0.112. The molecule has 70 valence electrons. The minimum absolute atomic E-state index is 0.625. The molecule has 3 nitrogen and oxygen atoms in total. The first-order chi connectivity index (χ1) is 6.88. The summed E-state index contributed by atoms with van der Waals surface area (Å²) in [6.07, 6.45) is 1.76. The van der Waals surface area contributed by atoms with Crippen LogP contribution in [-0.4, -0.2) is 17.9 Å². The quantitative estimate of drug-likeness (QED) is 0.693. The van der Waals surface area contributed by atoms with Crippen molar-refractivity contribution in [3.05, 3.63) is 29.5 Å². The van der Waals surface area contributed by atoms with Crippen molar-refractivity contribution in [2.75, 3.05) is 6.61 Å². The Labute approximate surface area is 80.7 Å². The summed E-state index contributed by atoms with van der Waals surface area (Å²) in [5, 5.41) is 1.08. The number of fused-ring (bicyclic) bond motifs is 3. The Morgan fingerprint density at radius 3 is 3.21 bits per heavy atom. The van der Waals surface area contributed by atoms with E-state index in [9.17, 15) is 4.79 Å². The molecule has 0 amide bonds. The molecule has 0 radical (unpaired) electrons. The third-order valence-electron chi connectivity index (χ3n) is 2.62. The molecule has 2 aromatic rings. The first-order valence-electron chi connectivity index (χ1n) is 4.61. The number of benzene rings is 1. The zero-order valence-electron chi connectivity index (χ0n) is 7.54. The van der Waals surface area contributed by atoms with Crippen molar-refractivity contribution in [2.45, 2.75) is 6.42 Å². The maximum Gasteiger partial charge on any atom is 0.166 e. The Balaban J connectivity index is 2.36. The molecule has 3 heteroatoms. The van der Waals surface area contributed by atoms with Crippen LogP contribution in [0.25, 0.3) is 10.9 Å². The third kappa shape index (κ3) is 0.894. The molecular formula is C11H9NO2. The fourth-order valence-corrected chi connectivity index (χ4v) is 1.97. The Kier molecular flexibility index (Phi) is 1.42. The number of hydrogen-bond donors (Lipinski definition) is 1. The van der Waals surface area contributed by atoms with Gasteiger partial charge >= 0.3 is 0 Å². The number of carbonyl (C=O) groups excluding carboxylic acids is 1. The molecule has 0 atom stereocenters. The van der Waals surface area contributed by atoms with Gasteiger partial charge in [0.1, 0.15) is 5.75 Å². The van der Waals surface area contributed by atoms with Crippen LogP contribution < -0.4 is 4.74 Å². The summed E-state index contributed by atoms with van der Waals surface area (Å²) >= 11 is 0. The van der Waals surface area contributed by atoms with Gasteiger partial charge in [-0.15, -0.1) is 0 Å². The molecule has 0 spiro atoms. The Hall–Kier alpha value is -1.77. The highest BCUT2D eigenvalue weighted by molar-refractivity contribution is 5.91. The van der Waals surface area contributed by atoms with E-state index in [1.165, 1.54) is 5.56 Å². The molecule has 0 fully saturated rings. The molecule has 0 aliphatic carbocycles. The smallest absolute Gasteiger partial charge is 0.166 e. The normalized spacial score (nSPS) is 14.0. The molecule has 14 heavy (non-hydrogen) atoms. The van der Waals surface area contributed by atoms with E-state index in [1.807, 2.05) is 18.2 Å². The maximum absolute atomic E-state index is 10.6. The van der Waals surface area contributed by atoms with Gasteiger partial charge in [-0.3, -0.25) is 4.79 Å². The van der Waals surface area contributed by atoms with E-state index in [4.69, 9.17) is 4.74 Å². The van der Waals surface area contributed by atoms with Gasteiger partial charge in [-0.2, -0.15) is 0 Å². The van der Waals surface area contributed by atoms with Crippen molar-refractivity contribution in [3.63, 3.8) is 0 Å². The summed E-state index contributed by atoms with van der Waals surface area (Å²) in [6, 6.07) is 5.80. The van der Waals surface area contributed by atoms with Crippen LogP contribution in [0.15, 0.2) is 18.2 Å². The van der Waals surface area contributed by atoms with Gasteiger partial charge in [0.05, 0.1) is 17.8 Å². The van der Waals surface area contributed by atoms with Crippen LogP contribution in [0.2, 0.25) is 0 Å². The standard InChI is InChI=1S/C11H9NO2/c13-6-8-5-7-1-2-10-9(3-4-14-10)11(7)12-8/h1-2,5-6,12H,3-4H2. The van der Waals surface area contributed by atoms with E-state index in [1.54, 1.807) is 0 Å². The topological polar surface area (TPSA) is 42.1 Å². The van der Waals surface area contributed by atoms with Gasteiger partial charge in [0, 0.05) is 17.4 Å². The number of carbonyl (C=O) groups is 1. The van der Waals surface area contributed by atoms with E-state index < -0.39 is 0 Å². The van der Waals surface area contributed by atoms with E-state index in [0.29, 0.717) is 5.69 Å². The minimum Gasteiger partial charge on any atom is -0.493 e. The molecule has 1 aliphatic rings. The monoisotopic (exact) mass is 187 g/mol. The molecule has 2 heterocycles. The lowest BCUT2D eigenvalue weighted by Gasteiger charge is -1.98. The van der Waals surface area contributed by atoms with E-state index in [-0.39, 0.29) is 0 Å². The SMILES string of the molecule is O=Cc1cc2ccc3c(c2[nH]1)CCO3. The molecule has 0 saturated heterocycles. The highest BCUT2D eigenvalue weighted by atomic mass is 16.5. The number of aldehydes is 1. The molecule has 1 aromatic carbocycles. The second-order valence-corrected chi connectivity index (χ2v) is 3.45. The maximum atomic E-state index is 10.6. The van der Waals surface area contributed by atoms with Crippen molar-refractivity contribution in [2.24, 2.45) is 0 Å². The van der Waals surface area contributed by atoms with Crippen molar-refractivity contribution in [1.82, 2.24) is 4.98 Å². The van der Waals surface area contributed by atoms with Crippen LogP contribution in [-0.2, 0) is 6.42 Å². The van der Waals surface area contributed by atoms with E-state index in [2.05, 4.69) is 4.98 Å². The van der Waals surface area contributed by atoms with E-state index in [0.717, 1.165) is 36.0 Å². The second-order valence-electron chi connectivity index (χ2n) is 3.45. The molecular weight excluding hydrogens is 178 g/mol. The number of aromatic amines is 1. The highest BCUT2D eigenvalue weighted by Crippen LogP contribution is 2.32. The first-order valence-corrected chi connectivity index (χ1v) is 4.61. The van der Waals surface area contributed by atoms with Crippen LogP contribution in [0.4, 0.5) is 0 Å². The zero-order chi connectivity index (χ0) is 9.54. The molecule has 1 aliphatic heterocycles. The van der Waals surface area contributed by atoms with Gasteiger partial charge < -0.3 is 9.72 Å². The van der Waals surface area contributed by atoms with Gasteiger partial charge in [-0.25, -0.2) is 0 Å². The fourth-order valence-electron chi connectivity index (χ4n) is 1.97. The lowest BCUT2D eigenvalue weighted by Crippen LogP contribution is -1.86. The lowest BCUT2D eigenvalue weighted by atomic mass is 10.1. The molecule has 1 N–H and O–H groups in total. The number of H-pyrrole nitrogens is 1. The summed E-state index contributed by atoms with van der Waals surface area (Å²) in [5.41, 5.74) is 2.86. The van der Waals surface area contributed by atoms with Gasteiger partial charge in [0.2, 0.25) is 0 Å². The zero-order valence-corrected chi connectivity index (χ0v) is 7.54. The molecule has 0 unspecified atom stereocenters. The average molecular weight is 187 g/mol. The Bertz CT molecular complexity index is 513. The summed E-state index contributed by atoms with van der Waals surface area (Å²) in [6.45, 7) is 0.740. The molecule has 0 bridgehead atoms. The highest BCUT2D eigenvalue weighted by Gasteiger charge is 2.16. The number of aromatic nitrogens is 1. The van der Waals surface area contributed by atoms with Gasteiger partial charge in [-0.1, -0.05) is 0 Å². The van der Waals surface area contributed by atoms with Gasteiger partial charge in [0.25, 0.3) is 0 Å². The number of nitrogens with one attached hydrogen (secondary N) is 1. The Morgan fingerprint density at radius 2 is 2.36 bits per heavy atom. The number of rotatable bonds is 1. The van der Waals surface area contributed by atoms with Gasteiger partial charge in [-0.05, 0) is 18.2 Å². The Morgan fingerprint density at radius 1 is 1.43 bits per heavy atom. The number of ether oxygens (including phenoxy) is 1. The summed E-state index contributed by atoms with van der Waals surface area (Å²) in [5.74, 6) is 0.941. The van der Waals surface area contributed by atoms with Crippen LogP contribution in [0.1, 0.15) is 16.1 Å². The van der Waals surface area contributed by atoms with Crippen molar-refractivity contribution in [3.8, 4) is 5.75 Å². The largest absolute Gasteiger partial charge is 0.493 e. The van der Waals surface area contributed by atoms with Crippen molar-refractivity contribution >= 4 is 17.2 Å². The van der Waals surface area contributed by atoms with Crippen LogP contribution >= 0.6 is 0 Å². The van der Waals surface area contributed by atoms with Crippen LogP contribution in [0.3, 0.4) is 0 Å². The van der Waals surface area contributed by atoms with Crippen molar-refractivity contribution in [1.29, 1.82) is 0 Å². The predicted octanol–water partition coefficient (Wildman–Crippen LogP) is 1.92. The minimum atomic E-state index is 0.625. The van der Waals surface area contributed by atoms with E-state index >= 15 is 0 Å². The summed E-state index contributed by atoms with van der Waals surface area (Å²) in [7, 11) is 0. The third-order valence-corrected chi connectivity index (χ3v) is 2.62. The predicted molar refractivity (Wildman–Crippen MR) is 52.9 cm³/mol. The number of hydrogen-bond acceptors (Lipinski definition) is 2. The van der Waals surface area contributed by atoms with Crippen LogP contribution in [0, 0.1) is 0 Å². The molecule has 3 rings (SSSR count). The summed E-state index contributed by atoms with van der Waals surface area (Å²) in [4.78, 5) is 13.7. The van der Waals surface area contributed by atoms with Gasteiger partial charge in [0.15, 0.2) is 6.29 Å². The van der Waals surface area contributed by atoms with Crippen LogP contribution in [0.5, 0.6) is 5.75 Å². The fraction of sp³-hybridized carbons (Fsp3) is 0.182. The second kappa shape index (κ2) is 2.61. The summed E-state index contributed by atoms with van der Waals surface area (Å²) < 4.78 is 5.44. The van der Waals surface area contributed by atoms with Crippen molar-refractivity contribution < 1.29 is 9.53 Å².